The molecule has 0 saturated carbocycles. The Morgan fingerprint density at radius 1 is 1.00 bits per heavy atom. The maximum atomic E-state index is 11.6. The van der Waals surface area contributed by atoms with E-state index in [0.717, 1.165) is 12.1 Å². The Kier molecular flexibility index (Phi) is 10.5. The molecule has 0 spiro atoms. The Morgan fingerprint density at radius 3 is 1.95 bits per heavy atom. The fourth-order valence-corrected chi connectivity index (χ4v) is 1.31. The van der Waals surface area contributed by atoms with Crippen LogP contribution >= 0.6 is 0 Å². The van der Waals surface area contributed by atoms with Crippen LogP contribution in [0.15, 0.2) is 24.3 Å². The Bertz CT molecular complexity index is 362. The van der Waals surface area contributed by atoms with Crippen LogP contribution in [-0.4, -0.2) is 33.1 Å². The molecule has 5 N–H and O–H groups in total. The normalized spacial score (nSPS) is 9.90. The molecule has 0 saturated heterocycles. The van der Waals surface area contributed by atoms with Gasteiger partial charge < -0.3 is 5.32 Å². The molecule has 0 fully saturated rings. The number of carbonyl (C=O) groups excluding carboxylic acids is 1. The van der Waals surface area contributed by atoms with Crippen molar-refractivity contribution in [3.63, 3.8) is 0 Å². The summed E-state index contributed by atoms with van der Waals surface area (Å²) >= 11 is 0. The molecular formula is C14H27N5O. The van der Waals surface area contributed by atoms with Crippen molar-refractivity contribution in [2.24, 2.45) is 0 Å². The molecule has 1 aromatic carbocycles. The number of amides is 1. The Labute approximate surface area is 121 Å². The Hall–Kier alpha value is -1.47. The van der Waals surface area contributed by atoms with Crippen LogP contribution in [0, 0.1) is 0 Å². The van der Waals surface area contributed by atoms with Gasteiger partial charge in [-0.1, -0.05) is 12.1 Å². The van der Waals surface area contributed by atoms with E-state index in [1.54, 1.807) is 0 Å². The minimum atomic E-state index is -0.0249. The van der Waals surface area contributed by atoms with Gasteiger partial charge in [-0.25, -0.2) is 0 Å². The molecule has 1 rings (SSSR count). The third-order valence-corrected chi connectivity index (χ3v) is 2.36. The van der Waals surface area contributed by atoms with E-state index in [1.165, 1.54) is 0 Å². The number of nitrogens with one attached hydrogen (secondary N) is 5. The molecule has 0 heterocycles. The van der Waals surface area contributed by atoms with Crippen molar-refractivity contribution in [2.45, 2.75) is 26.4 Å². The van der Waals surface area contributed by atoms with Crippen molar-refractivity contribution in [1.82, 2.24) is 27.0 Å². The second-order valence-corrected chi connectivity index (χ2v) is 4.43. The van der Waals surface area contributed by atoms with Gasteiger partial charge in [0.15, 0.2) is 0 Å². The van der Waals surface area contributed by atoms with Crippen LogP contribution in [0.3, 0.4) is 0 Å². The standard InChI is InChI=1S/C12H19N3O.C2H8N2/c1-9(2)15-12(16)11-6-4-10(5-7-11)8-14-13-3;1-3-4-2/h4-7,9,13-14H,8H2,1-3H3,(H,15,16);3-4H,1-2H3. The van der Waals surface area contributed by atoms with Crippen LogP contribution in [0.1, 0.15) is 29.8 Å². The van der Waals surface area contributed by atoms with Crippen LogP contribution in [0.25, 0.3) is 0 Å². The van der Waals surface area contributed by atoms with Crippen molar-refractivity contribution in [3.05, 3.63) is 35.4 Å². The molecule has 0 aliphatic carbocycles. The first kappa shape index (κ1) is 18.5. The fourth-order valence-electron chi connectivity index (χ4n) is 1.31. The van der Waals surface area contributed by atoms with Gasteiger partial charge in [0.2, 0.25) is 0 Å². The molecule has 1 amide bonds. The molecule has 20 heavy (non-hydrogen) atoms. The lowest BCUT2D eigenvalue weighted by molar-refractivity contribution is 0.0943. The van der Waals surface area contributed by atoms with Gasteiger partial charge in [0.1, 0.15) is 0 Å². The number of hydrogen-bond donors (Lipinski definition) is 5. The lowest BCUT2D eigenvalue weighted by atomic mass is 10.1. The lowest BCUT2D eigenvalue weighted by Gasteiger charge is -2.09. The average molecular weight is 281 g/mol. The predicted molar refractivity (Wildman–Crippen MR) is 83.1 cm³/mol. The summed E-state index contributed by atoms with van der Waals surface area (Å²) in [5.74, 6) is -0.0249. The van der Waals surface area contributed by atoms with E-state index in [1.807, 2.05) is 59.3 Å². The van der Waals surface area contributed by atoms with E-state index in [9.17, 15) is 4.79 Å². The van der Waals surface area contributed by atoms with E-state index in [4.69, 9.17) is 0 Å². The fraction of sp³-hybridized carbons (Fsp3) is 0.500. The Morgan fingerprint density at radius 2 is 1.55 bits per heavy atom. The van der Waals surface area contributed by atoms with Gasteiger partial charge in [0, 0.05) is 18.2 Å². The zero-order valence-corrected chi connectivity index (χ0v) is 13.0. The lowest BCUT2D eigenvalue weighted by Crippen LogP contribution is -2.30. The number of hydrazine groups is 2. The van der Waals surface area contributed by atoms with Gasteiger partial charge in [-0.2, -0.15) is 0 Å². The van der Waals surface area contributed by atoms with E-state index in [0.29, 0.717) is 5.56 Å². The molecule has 6 nitrogen and oxygen atoms in total. The largest absolute Gasteiger partial charge is 0.350 e. The predicted octanol–water partition coefficient (Wildman–Crippen LogP) is 0.389. The van der Waals surface area contributed by atoms with Crippen molar-refractivity contribution >= 4 is 5.91 Å². The molecule has 0 aliphatic rings. The average Bonchev–Trinajstić information content (AvgIpc) is 2.45. The molecular weight excluding hydrogens is 254 g/mol. The number of carbonyl (C=O) groups is 1. The molecule has 0 bridgehead atoms. The number of benzene rings is 1. The smallest absolute Gasteiger partial charge is 0.251 e. The quantitative estimate of drug-likeness (QED) is 0.488. The van der Waals surface area contributed by atoms with Crippen molar-refractivity contribution in [2.75, 3.05) is 21.1 Å². The van der Waals surface area contributed by atoms with Gasteiger partial charge in [0.25, 0.3) is 5.91 Å². The molecule has 0 aromatic heterocycles. The summed E-state index contributed by atoms with van der Waals surface area (Å²) in [6.07, 6.45) is 0. The monoisotopic (exact) mass is 281 g/mol. The van der Waals surface area contributed by atoms with E-state index in [2.05, 4.69) is 27.0 Å². The SMILES string of the molecule is CNNC.CNNCc1ccc(C(=O)NC(C)C)cc1. The molecule has 1 aromatic rings. The second-order valence-electron chi connectivity index (χ2n) is 4.43. The number of hydrogen-bond acceptors (Lipinski definition) is 5. The topological polar surface area (TPSA) is 77.2 Å². The maximum absolute atomic E-state index is 11.6. The van der Waals surface area contributed by atoms with Gasteiger partial charge in [-0.05, 0) is 52.7 Å². The van der Waals surface area contributed by atoms with Gasteiger partial charge in [0.05, 0.1) is 0 Å². The van der Waals surface area contributed by atoms with Gasteiger partial charge in [-0.15, -0.1) is 0 Å². The minimum absolute atomic E-state index is 0.0249. The highest BCUT2D eigenvalue weighted by Gasteiger charge is 2.05. The number of rotatable bonds is 6. The summed E-state index contributed by atoms with van der Waals surface area (Å²) in [5, 5.41) is 2.85. The third kappa shape index (κ3) is 8.60. The van der Waals surface area contributed by atoms with Crippen LogP contribution in [-0.2, 0) is 6.54 Å². The first-order valence-corrected chi connectivity index (χ1v) is 6.68. The van der Waals surface area contributed by atoms with Crippen LogP contribution in [0.2, 0.25) is 0 Å². The van der Waals surface area contributed by atoms with Crippen molar-refractivity contribution < 1.29 is 4.79 Å². The van der Waals surface area contributed by atoms with Gasteiger partial charge >= 0.3 is 0 Å². The molecule has 0 aliphatic heterocycles. The summed E-state index contributed by atoms with van der Waals surface area (Å²) in [6, 6.07) is 7.73. The highest BCUT2D eigenvalue weighted by molar-refractivity contribution is 5.94. The third-order valence-electron chi connectivity index (χ3n) is 2.36. The zero-order chi connectivity index (χ0) is 15.4. The maximum Gasteiger partial charge on any atom is 0.251 e. The van der Waals surface area contributed by atoms with Crippen LogP contribution < -0.4 is 27.0 Å². The molecule has 0 unspecified atom stereocenters. The van der Waals surface area contributed by atoms with E-state index in [-0.39, 0.29) is 11.9 Å². The summed E-state index contributed by atoms with van der Waals surface area (Å²) in [6.45, 7) is 4.63. The highest BCUT2D eigenvalue weighted by Crippen LogP contribution is 2.04. The molecule has 114 valence electrons. The second kappa shape index (κ2) is 11.4. The van der Waals surface area contributed by atoms with Gasteiger partial charge in [-0.3, -0.25) is 26.5 Å². The summed E-state index contributed by atoms with van der Waals surface area (Å²) in [7, 11) is 5.46. The molecule has 0 atom stereocenters. The highest BCUT2D eigenvalue weighted by atomic mass is 16.1. The molecule has 0 radical (unpaired) electrons. The van der Waals surface area contributed by atoms with Crippen molar-refractivity contribution in [1.29, 1.82) is 0 Å². The minimum Gasteiger partial charge on any atom is -0.350 e. The summed E-state index contributed by atoms with van der Waals surface area (Å²) in [5.41, 5.74) is 13.0. The van der Waals surface area contributed by atoms with E-state index < -0.39 is 0 Å². The van der Waals surface area contributed by atoms with E-state index >= 15 is 0 Å². The summed E-state index contributed by atoms with van der Waals surface area (Å²) in [4.78, 5) is 11.6. The zero-order valence-electron chi connectivity index (χ0n) is 13.0. The molecule has 6 heteroatoms. The van der Waals surface area contributed by atoms with Crippen LogP contribution in [0.4, 0.5) is 0 Å². The first-order valence-electron chi connectivity index (χ1n) is 6.68. The first-order chi connectivity index (χ1) is 9.54. The Balaban J connectivity index is 0.000000796. The van der Waals surface area contributed by atoms with Crippen molar-refractivity contribution in [3.8, 4) is 0 Å². The summed E-state index contributed by atoms with van der Waals surface area (Å²) < 4.78 is 0. The van der Waals surface area contributed by atoms with Crippen LogP contribution in [0.5, 0.6) is 0 Å².